The van der Waals surface area contributed by atoms with Crippen molar-refractivity contribution in [2.24, 2.45) is 0 Å². The molecule has 0 aliphatic heterocycles. The van der Waals surface area contributed by atoms with E-state index in [0.29, 0.717) is 5.75 Å². The molecule has 20 heavy (non-hydrogen) atoms. The van der Waals surface area contributed by atoms with Gasteiger partial charge in [-0.2, -0.15) is 0 Å². The van der Waals surface area contributed by atoms with Crippen LogP contribution >= 0.6 is 11.6 Å². The Morgan fingerprint density at radius 3 is 1.95 bits per heavy atom. The van der Waals surface area contributed by atoms with Gasteiger partial charge in [-0.05, 0) is 29.8 Å². The summed E-state index contributed by atoms with van der Waals surface area (Å²) in [6, 6.07) is 13.3. The zero-order valence-electron chi connectivity index (χ0n) is 11.7. The van der Waals surface area contributed by atoms with Crippen LogP contribution in [-0.2, 0) is 0 Å². The molecule has 106 valence electrons. The van der Waals surface area contributed by atoms with Gasteiger partial charge >= 0.3 is 0 Å². The molecular formula is C16H17ClO3. The molecule has 0 bridgehead atoms. The first-order valence-electron chi connectivity index (χ1n) is 6.19. The van der Waals surface area contributed by atoms with Crippen molar-refractivity contribution in [3.8, 4) is 17.2 Å². The molecule has 1 atom stereocenters. The smallest absolute Gasteiger partial charge is 0.127 e. The zero-order valence-corrected chi connectivity index (χ0v) is 12.5. The summed E-state index contributed by atoms with van der Waals surface area (Å²) in [6.45, 7) is 0. The maximum Gasteiger partial charge on any atom is 0.127 e. The second-order valence-electron chi connectivity index (χ2n) is 4.24. The highest BCUT2D eigenvalue weighted by molar-refractivity contribution is 6.22. The van der Waals surface area contributed by atoms with Crippen LogP contribution in [0.1, 0.15) is 16.5 Å². The standard InChI is InChI=1S/C16H17ClO3/c1-18-12-6-4-11(5-7-12)16(17)14-9-8-13(19-2)10-15(14)20-3/h4-10,16H,1-3H3. The van der Waals surface area contributed by atoms with Gasteiger partial charge in [-0.3, -0.25) is 0 Å². The van der Waals surface area contributed by atoms with Crippen molar-refractivity contribution < 1.29 is 14.2 Å². The topological polar surface area (TPSA) is 27.7 Å². The molecule has 0 fully saturated rings. The van der Waals surface area contributed by atoms with Gasteiger partial charge in [0, 0.05) is 11.6 Å². The number of benzene rings is 2. The Labute approximate surface area is 124 Å². The molecule has 0 radical (unpaired) electrons. The normalized spacial score (nSPS) is 11.8. The van der Waals surface area contributed by atoms with Gasteiger partial charge < -0.3 is 14.2 Å². The Morgan fingerprint density at radius 1 is 0.800 bits per heavy atom. The molecule has 2 aromatic rings. The van der Waals surface area contributed by atoms with Gasteiger partial charge in [0.2, 0.25) is 0 Å². The molecule has 1 unspecified atom stereocenters. The first kappa shape index (κ1) is 14.5. The lowest BCUT2D eigenvalue weighted by Gasteiger charge is -2.15. The molecule has 0 amide bonds. The van der Waals surface area contributed by atoms with E-state index in [4.69, 9.17) is 25.8 Å². The van der Waals surface area contributed by atoms with E-state index in [0.717, 1.165) is 22.6 Å². The van der Waals surface area contributed by atoms with Crippen LogP contribution in [0, 0.1) is 0 Å². The Kier molecular flexibility index (Phi) is 4.74. The number of ether oxygens (including phenoxy) is 3. The van der Waals surface area contributed by atoms with Crippen LogP contribution in [0.3, 0.4) is 0 Å². The van der Waals surface area contributed by atoms with Crippen molar-refractivity contribution in [3.63, 3.8) is 0 Å². The molecule has 0 heterocycles. The van der Waals surface area contributed by atoms with Crippen LogP contribution in [0.2, 0.25) is 0 Å². The summed E-state index contributed by atoms with van der Waals surface area (Å²) in [5.41, 5.74) is 1.89. The van der Waals surface area contributed by atoms with E-state index < -0.39 is 0 Å². The maximum atomic E-state index is 6.54. The minimum atomic E-state index is -0.290. The third-order valence-electron chi connectivity index (χ3n) is 3.12. The number of methoxy groups -OCH3 is 3. The van der Waals surface area contributed by atoms with Crippen molar-refractivity contribution in [2.75, 3.05) is 21.3 Å². The van der Waals surface area contributed by atoms with Gasteiger partial charge in [0.1, 0.15) is 17.2 Å². The molecular weight excluding hydrogens is 276 g/mol. The third kappa shape index (κ3) is 2.99. The highest BCUT2D eigenvalue weighted by atomic mass is 35.5. The summed E-state index contributed by atoms with van der Waals surface area (Å²) in [6.07, 6.45) is 0. The fourth-order valence-corrected chi connectivity index (χ4v) is 2.31. The first-order chi connectivity index (χ1) is 9.69. The number of rotatable bonds is 5. The molecule has 0 saturated heterocycles. The molecule has 0 aromatic heterocycles. The molecule has 0 saturated carbocycles. The number of hydrogen-bond donors (Lipinski definition) is 0. The summed E-state index contributed by atoms with van der Waals surface area (Å²) in [5.74, 6) is 2.25. The van der Waals surface area contributed by atoms with E-state index in [2.05, 4.69) is 0 Å². The minimum Gasteiger partial charge on any atom is -0.497 e. The van der Waals surface area contributed by atoms with Crippen LogP contribution in [0.25, 0.3) is 0 Å². The third-order valence-corrected chi connectivity index (χ3v) is 3.61. The zero-order chi connectivity index (χ0) is 14.5. The van der Waals surface area contributed by atoms with E-state index in [1.165, 1.54) is 0 Å². The van der Waals surface area contributed by atoms with Gasteiger partial charge in [0.05, 0.1) is 26.7 Å². The minimum absolute atomic E-state index is 0.290. The van der Waals surface area contributed by atoms with E-state index in [1.54, 1.807) is 21.3 Å². The van der Waals surface area contributed by atoms with Crippen LogP contribution < -0.4 is 14.2 Å². The SMILES string of the molecule is COc1ccc(C(Cl)c2ccc(OC)cc2OC)cc1. The Bertz CT molecular complexity index is 566. The first-order valence-corrected chi connectivity index (χ1v) is 6.63. The molecule has 3 nitrogen and oxygen atoms in total. The Balaban J connectivity index is 2.33. The lowest BCUT2D eigenvalue weighted by molar-refractivity contribution is 0.391. The highest BCUT2D eigenvalue weighted by Gasteiger charge is 2.16. The van der Waals surface area contributed by atoms with Crippen molar-refractivity contribution in [2.45, 2.75) is 5.38 Å². The van der Waals surface area contributed by atoms with Gasteiger partial charge in [-0.25, -0.2) is 0 Å². The summed E-state index contributed by atoms with van der Waals surface area (Å²) in [5, 5.41) is -0.290. The summed E-state index contributed by atoms with van der Waals surface area (Å²) < 4.78 is 15.7. The van der Waals surface area contributed by atoms with Crippen LogP contribution in [0.5, 0.6) is 17.2 Å². The van der Waals surface area contributed by atoms with Gasteiger partial charge in [0.25, 0.3) is 0 Å². The second kappa shape index (κ2) is 6.53. The Hall–Kier alpha value is -1.87. The fourth-order valence-electron chi connectivity index (χ4n) is 1.98. The average Bonchev–Trinajstić information content (AvgIpc) is 2.53. The van der Waals surface area contributed by atoms with E-state index in [1.807, 2.05) is 42.5 Å². The van der Waals surface area contributed by atoms with Crippen molar-refractivity contribution >= 4 is 11.6 Å². The van der Waals surface area contributed by atoms with E-state index >= 15 is 0 Å². The predicted octanol–water partition coefficient (Wildman–Crippen LogP) is 4.04. The lowest BCUT2D eigenvalue weighted by Crippen LogP contribution is -1.98. The average molecular weight is 293 g/mol. The van der Waals surface area contributed by atoms with E-state index in [9.17, 15) is 0 Å². The van der Waals surface area contributed by atoms with Crippen molar-refractivity contribution in [1.29, 1.82) is 0 Å². The molecule has 2 aromatic carbocycles. The summed E-state index contributed by atoms with van der Waals surface area (Å²) in [4.78, 5) is 0. The van der Waals surface area contributed by atoms with Gasteiger partial charge in [-0.15, -0.1) is 11.6 Å². The molecule has 0 N–H and O–H groups in total. The van der Waals surface area contributed by atoms with E-state index in [-0.39, 0.29) is 5.38 Å². The highest BCUT2D eigenvalue weighted by Crippen LogP contribution is 2.37. The van der Waals surface area contributed by atoms with Gasteiger partial charge in [-0.1, -0.05) is 12.1 Å². The van der Waals surface area contributed by atoms with Crippen molar-refractivity contribution in [3.05, 3.63) is 53.6 Å². The quantitative estimate of drug-likeness (QED) is 0.779. The Morgan fingerprint density at radius 2 is 1.40 bits per heavy atom. The number of alkyl halides is 1. The fraction of sp³-hybridized carbons (Fsp3) is 0.250. The number of hydrogen-bond acceptors (Lipinski definition) is 3. The van der Waals surface area contributed by atoms with Crippen LogP contribution in [-0.4, -0.2) is 21.3 Å². The summed E-state index contributed by atoms with van der Waals surface area (Å²) in [7, 11) is 4.88. The largest absolute Gasteiger partial charge is 0.497 e. The maximum absolute atomic E-state index is 6.54. The molecule has 0 aliphatic carbocycles. The summed E-state index contributed by atoms with van der Waals surface area (Å²) >= 11 is 6.54. The monoisotopic (exact) mass is 292 g/mol. The molecule has 0 spiro atoms. The van der Waals surface area contributed by atoms with Crippen LogP contribution in [0.4, 0.5) is 0 Å². The van der Waals surface area contributed by atoms with Crippen molar-refractivity contribution in [1.82, 2.24) is 0 Å². The lowest BCUT2D eigenvalue weighted by atomic mass is 10.0. The number of halogens is 1. The second-order valence-corrected chi connectivity index (χ2v) is 4.68. The molecule has 0 aliphatic rings. The molecule has 2 rings (SSSR count). The van der Waals surface area contributed by atoms with Gasteiger partial charge in [0.15, 0.2) is 0 Å². The van der Waals surface area contributed by atoms with Crippen LogP contribution in [0.15, 0.2) is 42.5 Å². The molecule has 4 heteroatoms. The predicted molar refractivity (Wildman–Crippen MR) is 80.2 cm³/mol.